The summed E-state index contributed by atoms with van der Waals surface area (Å²) in [6.45, 7) is 2.08. The van der Waals surface area contributed by atoms with Gasteiger partial charge in [0.15, 0.2) is 0 Å². The molecule has 3 rings (SSSR count). The largest absolute Gasteiger partial charge is 0.508 e. The minimum atomic E-state index is -0.395. The lowest BCUT2D eigenvalue weighted by atomic mass is 10.0. The zero-order valence-corrected chi connectivity index (χ0v) is 11.2. The van der Waals surface area contributed by atoms with Crippen LogP contribution >= 0.6 is 11.3 Å². The maximum atomic E-state index is 12.0. The third-order valence-electron chi connectivity index (χ3n) is 3.25. The first-order chi connectivity index (χ1) is 9.13. The van der Waals surface area contributed by atoms with Gasteiger partial charge in [-0.25, -0.2) is 4.79 Å². The van der Waals surface area contributed by atoms with E-state index in [1.807, 2.05) is 6.07 Å². The van der Waals surface area contributed by atoms with Crippen LogP contribution in [0.1, 0.15) is 27.7 Å². The van der Waals surface area contributed by atoms with Crippen LogP contribution < -0.4 is 5.73 Å². The van der Waals surface area contributed by atoms with Gasteiger partial charge in [-0.1, -0.05) is 12.1 Å². The number of aromatic hydroxyl groups is 1. The first kappa shape index (κ1) is 12.0. The fourth-order valence-corrected chi connectivity index (χ4v) is 3.55. The fraction of sp³-hybridized carbons (Fsp3) is 0.214. The summed E-state index contributed by atoms with van der Waals surface area (Å²) in [5.74, 6) is -0.136. The molecule has 0 spiro atoms. The minimum absolute atomic E-state index is 0.259. The van der Waals surface area contributed by atoms with Crippen molar-refractivity contribution in [1.82, 2.24) is 0 Å². The average Bonchev–Trinajstić information content (AvgIpc) is 2.85. The number of benzene rings is 1. The van der Waals surface area contributed by atoms with Crippen LogP contribution in [0.2, 0.25) is 0 Å². The lowest BCUT2D eigenvalue weighted by Gasteiger charge is -2.06. The molecule has 5 heteroatoms. The van der Waals surface area contributed by atoms with E-state index in [2.05, 4.69) is 0 Å². The van der Waals surface area contributed by atoms with E-state index in [-0.39, 0.29) is 5.75 Å². The van der Waals surface area contributed by atoms with Crippen LogP contribution in [0.25, 0.3) is 11.1 Å². The first-order valence-electron chi connectivity index (χ1n) is 6.03. The molecule has 1 aliphatic rings. The number of hydrogen-bond acceptors (Lipinski definition) is 5. The van der Waals surface area contributed by atoms with Gasteiger partial charge in [0.1, 0.15) is 16.3 Å². The molecule has 0 aliphatic heterocycles. The second-order valence-corrected chi connectivity index (χ2v) is 5.48. The number of esters is 1. The second-order valence-electron chi connectivity index (χ2n) is 4.34. The molecule has 0 atom stereocenters. The Balaban J connectivity index is 2.20. The Bertz CT molecular complexity index is 676. The van der Waals surface area contributed by atoms with Crippen LogP contribution in [0.3, 0.4) is 0 Å². The summed E-state index contributed by atoms with van der Waals surface area (Å²) in [5.41, 5.74) is 8.93. The number of fused-ring (bicyclic) bond motifs is 3. The maximum absolute atomic E-state index is 12.0. The number of carbonyl (C=O) groups excluding carboxylic acids is 1. The third kappa shape index (κ3) is 1.69. The monoisotopic (exact) mass is 275 g/mol. The molecule has 0 unspecified atom stereocenters. The maximum Gasteiger partial charge on any atom is 0.341 e. The Hall–Kier alpha value is -2.01. The van der Waals surface area contributed by atoms with Gasteiger partial charge < -0.3 is 15.6 Å². The van der Waals surface area contributed by atoms with Gasteiger partial charge in [-0.15, -0.1) is 11.3 Å². The first-order valence-corrected chi connectivity index (χ1v) is 6.84. The fourth-order valence-electron chi connectivity index (χ4n) is 2.47. The van der Waals surface area contributed by atoms with Crippen molar-refractivity contribution in [3.63, 3.8) is 0 Å². The number of anilines is 1. The summed E-state index contributed by atoms with van der Waals surface area (Å²) in [5, 5.41) is 10.4. The Morgan fingerprint density at radius 1 is 1.53 bits per heavy atom. The predicted molar refractivity (Wildman–Crippen MR) is 74.6 cm³/mol. The normalized spacial score (nSPS) is 12.1. The van der Waals surface area contributed by atoms with Gasteiger partial charge in [0, 0.05) is 22.4 Å². The number of carbonyl (C=O) groups is 1. The molecule has 98 valence electrons. The third-order valence-corrected chi connectivity index (χ3v) is 4.26. The molecule has 0 amide bonds. The van der Waals surface area contributed by atoms with E-state index in [0.717, 1.165) is 21.6 Å². The highest BCUT2D eigenvalue weighted by Gasteiger charge is 2.31. The van der Waals surface area contributed by atoms with Crippen LogP contribution in [0.5, 0.6) is 5.75 Å². The molecule has 0 fully saturated rings. The molecule has 1 aromatic heterocycles. The molecule has 1 heterocycles. The SMILES string of the molecule is CCOC(=O)c1c(N)sc2c1-c1cccc(O)c1C2. The van der Waals surface area contributed by atoms with Crippen molar-refractivity contribution in [2.45, 2.75) is 13.3 Å². The van der Waals surface area contributed by atoms with Gasteiger partial charge in [0.05, 0.1) is 6.61 Å². The van der Waals surface area contributed by atoms with Crippen molar-refractivity contribution < 1.29 is 14.6 Å². The van der Waals surface area contributed by atoms with Crippen molar-refractivity contribution in [1.29, 1.82) is 0 Å². The topological polar surface area (TPSA) is 72.5 Å². The van der Waals surface area contributed by atoms with Gasteiger partial charge in [-0.3, -0.25) is 0 Å². The molecule has 3 N–H and O–H groups in total. The lowest BCUT2D eigenvalue weighted by Crippen LogP contribution is -2.07. The number of phenolic OH excluding ortho intramolecular Hbond substituents is 1. The van der Waals surface area contributed by atoms with E-state index in [9.17, 15) is 9.90 Å². The minimum Gasteiger partial charge on any atom is -0.508 e. The summed E-state index contributed by atoms with van der Waals surface area (Å²) in [4.78, 5) is 13.0. The summed E-state index contributed by atoms with van der Waals surface area (Å²) >= 11 is 1.39. The van der Waals surface area contributed by atoms with E-state index >= 15 is 0 Å². The van der Waals surface area contributed by atoms with Gasteiger partial charge in [0.2, 0.25) is 0 Å². The second kappa shape index (κ2) is 4.28. The molecule has 4 nitrogen and oxygen atoms in total. The van der Waals surface area contributed by atoms with Crippen molar-refractivity contribution in [3.8, 4) is 16.9 Å². The Kier molecular flexibility index (Phi) is 2.71. The number of rotatable bonds is 2. The number of hydrogen-bond donors (Lipinski definition) is 2. The Morgan fingerprint density at radius 3 is 3.05 bits per heavy atom. The molecule has 0 saturated heterocycles. The van der Waals surface area contributed by atoms with E-state index in [0.29, 0.717) is 23.6 Å². The van der Waals surface area contributed by atoms with Crippen LogP contribution in [0.15, 0.2) is 18.2 Å². The molecule has 19 heavy (non-hydrogen) atoms. The van der Waals surface area contributed by atoms with Crippen molar-refractivity contribution in [2.75, 3.05) is 12.3 Å². The molecular formula is C14H13NO3S. The molecule has 1 aromatic carbocycles. The summed E-state index contributed by atoms with van der Waals surface area (Å²) in [6, 6.07) is 5.32. The van der Waals surface area contributed by atoms with E-state index in [1.54, 1.807) is 19.1 Å². The quantitative estimate of drug-likeness (QED) is 0.705. The van der Waals surface area contributed by atoms with Crippen LogP contribution in [0.4, 0.5) is 5.00 Å². The highest BCUT2D eigenvalue weighted by atomic mass is 32.1. The molecule has 0 saturated carbocycles. The highest BCUT2D eigenvalue weighted by Crippen LogP contribution is 2.48. The number of ether oxygens (including phenoxy) is 1. The van der Waals surface area contributed by atoms with Crippen LogP contribution in [0, 0.1) is 0 Å². The highest BCUT2D eigenvalue weighted by molar-refractivity contribution is 7.17. The zero-order chi connectivity index (χ0) is 13.6. The number of nitrogen functional groups attached to an aromatic ring is 1. The van der Waals surface area contributed by atoms with Crippen molar-refractivity contribution >= 4 is 22.3 Å². The summed E-state index contributed by atoms with van der Waals surface area (Å²) in [6.07, 6.45) is 0.617. The smallest absolute Gasteiger partial charge is 0.341 e. The van der Waals surface area contributed by atoms with Gasteiger partial charge in [0.25, 0.3) is 0 Å². The van der Waals surface area contributed by atoms with Crippen molar-refractivity contribution in [3.05, 3.63) is 34.2 Å². The number of nitrogens with two attached hydrogens (primary N) is 1. The lowest BCUT2D eigenvalue weighted by molar-refractivity contribution is 0.0529. The molecule has 0 bridgehead atoms. The molecule has 2 aromatic rings. The molecule has 0 radical (unpaired) electrons. The van der Waals surface area contributed by atoms with E-state index in [1.165, 1.54) is 11.3 Å². The van der Waals surface area contributed by atoms with Crippen molar-refractivity contribution in [2.24, 2.45) is 0 Å². The van der Waals surface area contributed by atoms with Crippen LogP contribution in [-0.2, 0) is 11.2 Å². The van der Waals surface area contributed by atoms with E-state index in [4.69, 9.17) is 10.5 Å². The Morgan fingerprint density at radius 2 is 2.32 bits per heavy atom. The summed E-state index contributed by atoms with van der Waals surface area (Å²) < 4.78 is 5.06. The number of phenols is 1. The Labute approximate surface area is 114 Å². The summed E-state index contributed by atoms with van der Waals surface area (Å²) in [7, 11) is 0. The molecule has 1 aliphatic carbocycles. The van der Waals surface area contributed by atoms with Gasteiger partial charge in [-0.2, -0.15) is 0 Å². The van der Waals surface area contributed by atoms with E-state index < -0.39 is 5.97 Å². The van der Waals surface area contributed by atoms with Crippen LogP contribution in [-0.4, -0.2) is 17.7 Å². The predicted octanol–water partition coefficient (Wildman–Crippen LogP) is 2.78. The van der Waals surface area contributed by atoms with Gasteiger partial charge in [-0.05, 0) is 18.6 Å². The zero-order valence-electron chi connectivity index (χ0n) is 10.4. The van der Waals surface area contributed by atoms with Gasteiger partial charge >= 0.3 is 5.97 Å². The standard InChI is InChI=1S/C14H13NO3S/c1-2-18-14(17)12-11-7-4-3-5-9(16)8(7)6-10(11)19-13(12)15/h3-5,16H,2,6,15H2,1H3. The average molecular weight is 275 g/mol. The number of thiophene rings is 1. The molecular weight excluding hydrogens is 262 g/mol.